The van der Waals surface area contributed by atoms with Gasteiger partial charge in [-0.1, -0.05) is 0 Å². The number of hydrogen-bond acceptors (Lipinski definition) is 3. The highest BCUT2D eigenvalue weighted by molar-refractivity contribution is 5.85. The third-order valence-electron chi connectivity index (χ3n) is 1.35. The summed E-state index contributed by atoms with van der Waals surface area (Å²) in [4.78, 5) is 14.9. The molecule has 0 aromatic carbocycles. The van der Waals surface area contributed by atoms with E-state index >= 15 is 0 Å². The molecule has 6 heteroatoms. The van der Waals surface area contributed by atoms with Gasteiger partial charge in [-0.15, -0.1) is 12.4 Å². The van der Waals surface area contributed by atoms with Gasteiger partial charge in [0.2, 0.25) is 0 Å². The van der Waals surface area contributed by atoms with E-state index in [1.54, 1.807) is 0 Å². The Kier molecular flexibility index (Phi) is 7.15. The van der Waals surface area contributed by atoms with E-state index in [1.165, 1.54) is 0 Å². The molecule has 5 nitrogen and oxygen atoms in total. The highest BCUT2D eigenvalue weighted by atomic mass is 35.5. The predicted molar refractivity (Wildman–Crippen MR) is 51.5 cm³/mol. The van der Waals surface area contributed by atoms with E-state index in [0.29, 0.717) is 11.0 Å². The fourth-order valence-electron chi connectivity index (χ4n) is 0.961. The third-order valence-corrected chi connectivity index (χ3v) is 1.35. The van der Waals surface area contributed by atoms with E-state index in [2.05, 4.69) is 4.84 Å². The SMILES string of the molecule is C[N+](C)(C)C[C@@H](CC(=O)O)ON.Cl. The van der Waals surface area contributed by atoms with Crippen LogP contribution in [0, 0.1) is 0 Å². The number of carbonyl (C=O) groups is 1. The van der Waals surface area contributed by atoms with Crippen molar-refractivity contribution in [3.8, 4) is 0 Å². The second-order valence-corrected chi connectivity index (χ2v) is 3.83. The second-order valence-electron chi connectivity index (χ2n) is 3.83. The van der Waals surface area contributed by atoms with Crippen LogP contribution in [-0.4, -0.2) is 49.4 Å². The number of halogens is 1. The summed E-state index contributed by atoms with van der Waals surface area (Å²) < 4.78 is 0.634. The maximum atomic E-state index is 10.3. The molecule has 3 N–H and O–H groups in total. The van der Waals surface area contributed by atoms with Crippen LogP contribution in [0.5, 0.6) is 0 Å². The minimum Gasteiger partial charge on any atom is -0.481 e. The van der Waals surface area contributed by atoms with Gasteiger partial charge >= 0.3 is 5.97 Å². The quantitative estimate of drug-likeness (QED) is 0.492. The number of quaternary nitrogens is 1. The van der Waals surface area contributed by atoms with Crippen LogP contribution in [-0.2, 0) is 9.63 Å². The normalized spacial score (nSPS) is 13.2. The van der Waals surface area contributed by atoms with Gasteiger partial charge in [0.1, 0.15) is 12.6 Å². The van der Waals surface area contributed by atoms with Crippen molar-refractivity contribution >= 4 is 18.4 Å². The average molecular weight is 214 g/mol. The first-order valence-electron chi connectivity index (χ1n) is 3.73. The Morgan fingerprint density at radius 1 is 1.54 bits per heavy atom. The highest BCUT2D eigenvalue weighted by Crippen LogP contribution is 2.01. The minimum atomic E-state index is -0.890. The molecule has 0 amide bonds. The van der Waals surface area contributed by atoms with Crippen molar-refractivity contribution in [1.29, 1.82) is 0 Å². The molecule has 0 aromatic heterocycles. The Balaban J connectivity index is 0. The molecule has 1 atom stereocenters. The van der Waals surface area contributed by atoms with Gasteiger partial charge in [0.05, 0.1) is 27.6 Å². The van der Waals surface area contributed by atoms with Gasteiger partial charge < -0.3 is 9.59 Å². The summed E-state index contributed by atoms with van der Waals surface area (Å²) in [5, 5.41) is 8.47. The van der Waals surface area contributed by atoms with E-state index in [9.17, 15) is 4.79 Å². The second kappa shape index (κ2) is 6.15. The number of carboxylic acid groups (broad SMARTS) is 1. The van der Waals surface area contributed by atoms with Crippen LogP contribution in [0.2, 0.25) is 0 Å². The highest BCUT2D eigenvalue weighted by Gasteiger charge is 2.20. The summed E-state index contributed by atoms with van der Waals surface area (Å²) in [6.45, 7) is 0.586. The first-order chi connectivity index (χ1) is 5.35. The first kappa shape index (κ1) is 15.1. The zero-order valence-corrected chi connectivity index (χ0v) is 9.00. The Morgan fingerprint density at radius 3 is 2.23 bits per heavy atom. The van der Waals surface area contributed by atoms with Crippen molar-refractivity contribution in [3.05, 3.63) is 0 Å². The summed E-state index contributed by atoms with van der Waals surface area (Å²) in [5.74, 6) is 4.07. The molecule has 0 saturated carbocycles. The van der Waals surface area contributed by atoms with Crippen molar-refractivity contribution in [3.63, 3.8) is 0 Å². The smallest absolute Gasteiger partial charge is 0.306 e. The maximum Gasteiger partial charge on any atom is 0.306 e. The Labute approximate surface area is 84.4 Å². The molecule has 0 unspecified atom stereocenters. The molecular weight excluding hydrogens is 196 g/mol. The molecule has 0 aliphatic carbocycles. The molecule has 0 aromatic rings. The molecule has 80 valence electrons. The van der Waals surface area contributed by atoms with E-state index < -0.39 is 12.1 Å². The number of carboxylic acids is 1. The topological polar surface area (TPSA) is 72.5 Å². The lowest BCUT2D eigenvalue weighted by Crippen LogP contribution is -2.44. The Bertz CT molecular complexity index is 158. The molecule has 0 spiro atoms. The van der Waals surface area contributed by atoms with Crippen molar-refractivity contribution in [2.24, 2.45) is 5.90 Å². The van der Waals surface area contributed by atoms with Crippen molar-refractivity contribution in [1.82, 2.24) is 0 Å². The van der Waals surface area contributed by atoms with Crippen LogP contribution < -0.4 is 5.90 Å². The van der Waals surface area contributed by atoms with Gasteiger partial charge in [-0.05, 0) is 0 Å². The zero-order valence-electron chi connectivity index (χ0n) is 8.19. The summed E-state index contributed by atoms with van der Waals surface area (Å²) >= 11 is 0. The lowest BCUT2D eigenvalue weighted by atomic mass is 10.2. The molecule has 0 aliphatic heterocycles. The summed E-state index contributed by atoms with van der Waals surface area (Å²) in [5.41, 5.74) is 0. The fraction of sp³-hybridized carbons (Fsp3) is 0.857. The molecule has 0 saturated heterocycles. The van der Waals surface area contributed by atoms with Crippen LogP contribution in [0.15, 0.2) is 0 Å². The Morgan fingerprint density at radius 2 is 2.00 bits per heavy atom. The molecule has 0 bridgehead atoms. The number of nitrogens with zero attached hydrogens (tertiary/aromatic N) is 1. The van der Waals surface area contributed by atoms with E-state index in [-0.39, 0.29) is 18.8 Å². The van der Waals surface area contributed by atoms with Gasteiger partial charge in [-0.25, -0.2) is 5.90 Å². The molecular formula is C7H18ClN2O3+. The molecule has 0 radical (unpaired) electrons. The van der Waals surface area contributed by atoms with Crippen LogP contribution in [0.3, 0.4) is 0 Å². The van der Waals surface area contributed by atoms with Gasteiger partial charge in [0, 0.05) is 0 Å². The van der Waals surface area contributed by atoms with E-state index in [4.69, 9.17) is 11.0 Å². The van der Waals surface area contributed by atoms with Gasteiger partial charge in [-0.3, -0.25) is 9.63 Å². The van der Waals surface area contributed by atoms with Crippen LogP contribution >= 0.6 is 12.4 Å². The van der Waals surface area contributed by atoms with Crippen LogP contribution in [0.25, 0.3) is 0 Å². The largest absolute Gasteiger partial charge is 0.481 e. The van der Waals surface area contributed by atoms with Crippen molar-refractivity contribution in [2.45, 2.75) is 12.5 Å². The number of hydrogen-bond donors (Lipinski definition) is 2. The molecule has 0 fully saturated rings. The van der Waals surface area contributed by atoms with Crippen molar-refractivity contribution in [2.75, 3.05) is 27.7 Å². The van der Waals surface area contributed by atoms with Crippen LogP contribution in [0.4, 0.5) is 0 Å². The summed E-state index contributed by atoms with van der Waals surface area (Å²) in [6, 6.07) is 0. The van der Waals surface area contributed by atoms with Gasteiger partial charge in [0.15, 0.2) is 0 Å². The summed E-state index contributed by atoms with van der Waals surface area (Å²) in [6.07, 6.45) is -0.464. The zero-order chi connectivity index (χ0) is 9.78. The summed E-state index contributed by atoms with van der Waals surface area (Å²) in [7, 11) is 5.86. The predicted octanol–water partition coefficient (Wildman–Crippen LogP) is -0.152. The lowest BCUT2D eigenvalue weighted by Gasteiger charge is -2.27. The lowest BCUT2D eigenvalue weighted by molar-refractivity contribution is -0.873. The van der Waals surface area contributed by atoms with Crippen LogP contribution in [0.1, 0.15) is 6.42 Å². The Hall–Kier alpha value is -0.360. The van der Waals surface area contributed by atoms with E-state index in [1.807, 2.05) is 21.1 Å². The maximum absolute atomic E-state index is 10.3. The number of nitrogens with two attached hydrogens (primary N) is 1. The average Bonchev–Trinajstić information content (AvgIpc) is 1.82. The van der Waals surface area contributed by atoms with Gasteiger partial charge in [-0.2, -0.15) is 0 Å². The fourth-order valence-corrected chi connectivity index (χ4v) is 0.961. The minimum absolute atomic E-state index is 0. The number of likely N-dealkylation sites (N-methyl/N-ethyl adjacent to an activating group) is 1. The molecule has 0 heterocycles. The molecule has 13 heavy (non-hydrogen) atoms. The molecule has 0 aliphatic rings. The molecule has 0 rings (SSSR count). The van der Waals surface area contributed by atoms with Crippen molar-refractivity contribution < 1.29 is 19.2 Å². The monoisotopic (exact) mass is 213 g/mol. The van der Waals surface area contributed by atoms with E-state index in [0.717, 1.165) is 0 Å². The third kappa shape index (κ3) is 9.55. The number of aliphatic carboxylic acids is 1. The number of rotatable bonds is 5. The first-order valence-corrected chi connectivity index (χ1v) is 3.73. The standard InChI is InChI=1S/C7H16N2O3.ClH/c1-9(2,3)5-6(12-8)4-7(10)11;/h6H,4-5,8H2,1-3H3;1H/p+1/t6-;/m1./s1. The van der Waals surface area contributed by atoms with Gasteiger partial charge in [0.25, 0.3) is 0 Å².